The Labute approximate surface area is 292 Å². The third-order valence-corrected chi connectivity index (χ3v) is 8.45. The number of hydrogen-bond acceptors (Lipinski definition) is 9. The van der Waals surface area contributed by atoms with E-state index in [2.05, 4.69) is 22.3 Å². The van der Waals surface area contributed by atoms with Crippen LogP contribution in [0, 0.1) is 39.0 Å². The first-order chi connectivity index (χ1) is 24.0. The fourth-order valence-corrected chi connectivity index (χ4v) is 6.33. The zero-order valence-electron chi connectivity index (χ0n) is 29.1. The van der Waals surface area contributed by atoms with Gasteiger partial charge in [0.05, 0.1) is 36.2 Å². The van der Waals surface area contributed by atoms with Crippen molar-refractivity contribution in [2.75, 3.05) is 13.1 Å². The number of nitrogens with two attached hydrogens (primary N) is 1. The van der Waals surface area contributed by atoms with E-state index in [1.54, 1.807) is 26.6 Å². The van der Waals surface area contributed by atoms with Gasteiger partial charge in [0, 0.05) is 26.2 Å². The Morgan fingerprint density at radius 2 is 1.22 bits per heavy atom. The number of aryl methyl sites for hydroxylation is 6. The van der Waals surface area contributed by atoms with Gasteiger partial charge in [-0.25, -0.2) is 9.59 Å². The summed E-state index contributed by atoms with van der Waals surface area (Å²) in [5, 5.41) is 17.5. The molecule has 50 heavy (non-hydrogen) atoms. The van der Waals surface area contributed by atoms with Gasteiger partial charge in [-0.1, -0.05) is 58.7 Å². The molecule has 2 amide bonds. The van der Waals surface area contributed by atoms with Crippen LogP contribution in [-0.2, 0) is 48.9 Å². The fraction of sp³-hybridized carbons (Fsp3) is 0.405. The van der Waals surface area contributed by atoms with Crippen LogP contribution in [0.15, 0.2) is 48.5 Å². The minimum absolute atomic E-state index is 0.252. The quantitative estimate of drug-likeness (QED) is 0.262. The van der Waals surface area contributed by atoms with Crippen molar-refractivity contribution in [3.8, 4) is 6.07 Å². The van der Waals surface area contributed by atoms with Gasteiger partial charge >= 0.3 is 12.2 Å². The topological polar surface area (TPSA) is 162 Å². The van der Waals surface area contributed by atoms with Crippen molar-refractivity contribution in [2.24, 2.45) is 5.73 Å². The molecule has 13 nitrogen and oxygen atoms in total. The first-order valence-electron chi connectivity index (χ1n) is 16.7. The molecule has 0 fully saturated rings. The fourth-order valence-electron chi connectivity index (χ4n) is 6.33. The number of aldehydes is 1. The van der Waals surface area contributed by atoms with Gasteiger partial charge in [0.1, 0.15) is 24.9 Å². The van der Waals surface area contributed by atoms with E-state index in [1.165, 1.54) is 0 Å². The second-order valence-corrected chi connectivity index (χ2v) is 12.9. The second-order valence-electron chi connectivity index (χ2n) is 12.9. The summed E-state index contributed by atoms with van der Waals surface area (Å²) < 4.78 is 14.6. The third kappa shape index (κ3) is 9.35. The average Bonchev–Trinajstić information content (AvgIpc) is 3.53. The number of hydrogen-bond donors (Lipinski definition) is 1. The number of carbonyl (C=O) groups is 3. The Morgan fingerprint density at radius 3 is 1.68 bits per heavy atom. The van der Waals surface area contributed by atoms with Gasteiger partial charge in [-0.2, -0.15) is 15.5 Å². The Kier molecular flexibility index (Phi) is 11.7. The molecule has 2 N–H and O–H groups in total. The van der Waals surface area contributed by atoms with E-state index >= 15 is 0 Å². The van der Waals surface area contributed by atoms with Gasteiger partial charge in [-0.15, -0.1) is 0 Å². The second kappa shape index (κ2) is 16.3. The maximum atomic E-state index is 12.5. The Balaban J connectivity index is 0.000000195. The largest absolute Gasteiger partial charge is 0.445 e. The van der Waals surface area contributed by atoms with Crippen molar-refractivity contribution in [3.63, 3.8) is 0 Å². The third-order valence-electron chi connectivity index (χ3n) is 8.45. The predicted octanol–water partition coefficient (Wildman–Crippen LogP) is 5.42. The lowest BCUT2D eigenvalue weighted by Gasteiger charge is -2.19. The van der Waals surface area contributed by atoms with Crippen LogP contribution in [-0.4, -0.2) is 60.9 Å². The maximum Gasteiger partial charge on any atom is 0.410 e. The standard InChI is InChI=1S/C19H23N5O2.C18H21N3O3/c1-13-6-14(2)8-15(7-13)12-26-19(25)23-4-3-5-24-16(11-23)9-18(22-24)17(21)10-20;1-13-6-14(2)8-15(7-13)12-24-18(23)20-4-3-5-21-17(10-20)9-16(11-22)19-21/h6-9,17H,3-5,11-12,21H2,1-2H3;6-9,11H,3-5,10,12H2,1-2H3. The lowest BCUT2D eigenvalue weighted by atomic mass is 10.1. The van der Waals surface area contributed by atoms with Crippen LogP contribution in [0.25, 0.3) is 0 Å². The van der Waals surface area contributed by atoms with Crippen molar-refractivity contribution in [1.82, 2.24) is 29.4 Å². The van der Waals surface area contributed by atoms with E-state index in [0.29, 0.717) is 50.7 Å². The zero-order chi connectivity index (χ0) is 35.8. The molecule has 1 atom stereocenters. The minimum atomic E-state index is -0.751. The molecule has 13 heteroatoms. The predicted molar refractivity (Wildman–Crippen MR) is 185 cm³/mol. The van der Waals surface area contributed by atoms with Crippen LogP contribution in [0.3, 0.4) is 0 Å². The lowest BCUT2D eigenvalue weighted by Crippen LogP contribution is -2.31. The number of aromatic nitrogens is 4. The highest BCUT2D eigenvalue weighted by Crippen LogP contribution is 2.19. The lowest BCUT2D eigenvalue weighted by molar-refractivity contribution is 0.0935. The Morgan fingerprint density at radius 1 is 0.760 bits per heavy atom. The molecule has 2 aliphatic heterocycles. The summed E-state index contributed by atoms with van der Waals surface area (Å²) in [5.74, 6) is 0. The first kappa shape index (κ1) is 35.8. The number of amides is 2. The molecule has 2 aliphatic rings. The van der Waals surface area contributed by atoms with Crippen molar-refractivity contribution in [2.45, 2.75) is 86.0 Å². The number of benzene rings is 2. The molecule has 0 saturated carbocycles. The highest BCUT2D eigenvalue weighted by atomic mass is 16.6. The van der Waals surface area contributed by atoms with E-state index in [1.807, 2.05) is 62.7 Å². The van der Waals surface area contributed by atoms with Crippen molar-refractivity contribution in [1.29, 1.82) is 5.26 Å². The molecule has 0 radical (unpaired) electrons. The van der Waals surface area contributed by atoms with Crippen LogP contribution < -0.4 is 5.73 Å². The van der Waals surface area contributed by atoms with E-state index in [0.717, 1.165) is 63.9 Å². The summed E-state index contributed by atoms with van der Waals surface area (Å²) in [5.41, 5.74) is 15.0. The van der Waals surface area contributed by atoms with Gasteiger partial charge in [-0.3, -0.25) is 14.2 Å². The molecule has 4 heterocycles. The maximum absolute atomic E-state index is 12.5. The molecule has 4 aromatic rings. The molecule has 2 aromatic heterocycles. The van der Waals surface area contributed by atoms with Gasteiger partial charge in [0.2, 0.25) is 0 Å². The molecule has 262 valence electrons. The van der Waals surface area contributed by atoms with Crippen molar-refractivity contribution in [3.05, 3.63) is 105 Å². The Hall–Kier alpha value is -5.48. The normalized spacial score (nSPS) is 14.5. The molecule has 6 rings (SSSR count). The number of ether oxygens (including phenoxy) is 2. The highest BCUT2D eigenvalue weighted by molar-refractivity contribution is 5.72. The summed E-state index contributed by atoms with van der Waals surface area (Å²) in [6, 6.07) is 17.0. The molecule has 2 aromatic carbocycles. The van der Waals surface area contributed by atoms with Crippen LogP contribution in [0.2, 0.25) is 0 Å². The summed E-state index contributed by atoms with van der Waals surface area (Å²) in [4.78, 5) is 39.1. The SMILES string of the molecule is Cc1cc(C)cc(COC(=O)N2CCCn3nc(C(N)C#N)cc3C2)c1.Cc1cc(C)cc(COC(=O)N2CCCn3nc(C=O)cc3C2)c1. The molecule has 0 spiro atoms. The summed E-state index contributed by atoms with van der Waals surface area (Å²) in [6.45, 7) is 12.0. The summed E-state index contributed by atoms with van der Waals surface area (Å²) in [7, 11) is 0. The molecule has 0 bridgehead atoms. The summed E-state index contributed by atoms with van der Waals surface area (Å²) >= 11 is 0. The average molecular weight is 681 g/mol. The summed E-state index contributed by atoms with van der Waals surface area (Å²) in [6.07, 6.45) is 1.60. The molecule has 0 saturated heterocycles. The number of fused-ring (bicyclic) bond motifs is 2. The van der Waals surface area contributed by atoms with Gasteiger partial charge in [-0.05, 0) is 63.8 Å². The van der Waals surface area contributed by atoms with E-state index < -0.39 is 6.04 Å². The number of carbonyl (C=O) groups excluding carboxylic acids is 3. The Bertz CT molecular complexity index is 1850. The number of rotatable bonds is 6. The van der Waals surface area contributed by atoms with Gasteiger partial charge in [0.15, 0.2) is 6.29 Å². The number of nitrogens with zero attached hydrogens (tertiary/aromatic N) is 7. The minimum Gasteiger partial charge on any atom is -0.445 e. The molecule has 1 unspecified atom stereocenters. The van der Waals surface area contributed by atoms with E-state index in [4.69, 9.17) is 20.5 Å². The smallest absolute Gasteiger partial charge is 0.410 e. The van der Waals surface area contributed by atoms with E-state index in [-0.39, 0.29) is 25.4 Å². The van der Waals surface area contributed by atoms with Crippen molar-refractivity contribution >= 4 is 18.5 Å². The van der Waals surface area contributed by atoms with Crippen molar-refractivity contribution < 1.29 is 23.9 Å². The van der Waals surface area contributed by atoms with E-state index in [9.17, 15) is 14.4 Å². The molecular weight excluding hydrogens is 636 g/mol. The zero-order valence-corrected chi connectivity index (χ0v) is 29.1. The number of nitriles is 1. The first-order valence-corrected chi connectivity index (χ1v) is 16.7. The van der Waals surface area contributed by atoms with Crippen LogP contribution >= 0.6 is 0 Å². The molecule has 0 aliphatic carbocycles. The van der Waals surface area contributed by atoms with Crippen LogP contribution in [0.4, 0.5) is 9.59 Å². The van der Waals surface area contributed by atoms with Crippen LogP contribution in [0.1, 0.15) is 79.8 Å². The van der Waals surface area contributed by atoms with Crippen LogP contribution in [0.5, 0.6) is 0 Å². The van der Waals surface area contributed by atoms with Gasteiger partial charge < -0.3 is 25.0 Å². The molecular formula is C37H44N8O5. The van der Waals surface area contributed by atoms with Gasteiger partial charge in [0.25, 0.3) is 0 Å². The highest BCUT2D eigenvalue weighted by Gasteiger charge is 2.24. The monoisotopic (exact) mass is 680 g/mol.